The van der Waals surface area contributed by atoms with Crippen LogP contribution in [0.3, 0.4) is 0 Å². The number of rotatable bonds is 2. The lowest BCUT2D eigenvalue weighted by molar-refractivity contribution is 0.220. The minimum Gasteiger partial charge on any atom is -0.384 e. The van der Waals surface area contributed by atoms with E-state index in [1.165, 1.54) is 6.07 Å². The van der Waals surface area contributed by atoms with Crippen molar-refractivity contribution in [1.29, 1.82) is 0 Å². The van der Waals surface area contributed by atoms with E-state index in [0.29, 0.717) is 10.0 Å². The third kappa shape index (κ3) is 2.31. The lowest BCUT2D eigenvalue weighted by Gasteiger charge is -2.11. The molecule has 0 heterocycles. The highest BCUT2D eigenvalue weighted by atomic mass is 79.9. The average molecular weight is 281 g/mol. The van der Waals surface area contributed by atoms with Gasteiger partial charge < -0.3 is 5.11 Å². The van der Waals surface area contributed by atoms with E-state index in [2.05, 4.69) is 15.9 Å². The van der Waals surface area contributed by atoms with Gasteiger partial charge in [-0.1, -0.05) is 36.4 Å². The van der Waals surface area contributed by atoms with Crippen molar-refractivity contribution >= 4 is 15.9 Å². The summed E-state index contributed by atoms with van der Waals surface area (Å²) in [7, 11) is 0. The number of hydrogen-bond donors (Lipinski definition) is 1. The Bertz CT molecular complexity index is 485. The Morgan fingerprint density at radius 3 is 2.31 bits per heavy atom. The van der Waals surface area contributed by atoms with Gasteiger partial charge in [-0.3, -0.25) is 0 Å². The number of benzene rings is 2. The van der Waals surface area contributed by atoms with Crippen molar-refractivity contribution in [3.8, 4) is 0 Å². The van der Waals surface area contributed by atoms with Crippen LogP contribution in [0.5, 0.6) is 0 Å². The van der Waals surface area contributed by atoms with Crippen molar-refractivity contribution in [3.05, 3.63) is 69.9 Å². The molecule has 16 heavy (non-hydrogen) atoms. The smallest absolute Gasteiger partial charge is 0.137 e. The molecule has 0 aliphatic carbocycles. The summed E-state index contributed by atoms with van der Waals surface area (Å²) in [6.45, 7) is 0. The van der Waals surface area contributed by atoms with E-state index in [9.17, 15) is 9.50 Å². The van der Waals surface area contributed by atoms with Crippen LogP contribution in [-0.4, -0.2) is 5.11 Å². The SMILES string of the molecule is O[C@@H](c1ccccc1)c1ccc(F)c(Br)c1. The molecule has 0 amide bonds. The lowest BCUT2D eigenvalue weighted by Crippen LogP contribution is -1.99. The number of halogens is 2. The van der Waals surface area contributed by atoms with Gasteiger partial charge in [-0.15, -0.1) is 0 Å². The van der Waals surface area contributed by atoms with Gasteiger partial charge in [0.15, 0.2) is 0 Å². The zero-order valence-corrected chi connectivity index (χ0v) is 9.99. The fraction of sp³-hybridized carbons (Fsp3) is 0.0769. The molecule has 0 aliphatic heterocycles. The third-order valence-electron chi connectivity index (χ3n) is 2.37. The molecule has 0 spiro atoms. The maximum Gasteiger partial charge on any atom is 0.137 e. The molecular formula is C13H10BrFO. The van der Waals surface area contributed by atoms with Crippen molar-refractivity contribution in [2.45, 2.75) is 6.10 Å². The Kier molecular flexibility index (Phi) is 3.36. The molecule has 3 heteroatoms. The van der Waals surface area contributed by atoms with Gasteiger partial charge in [0.2, 0.25) is 0 Å². The lowest BCUT2D eigenvalue weighted by atomic mass is 10.0. The maximum atomic E-state index is 13.0. The normalized spacial score (nSPS) is 12.4. The van der Waals surface area contributed by atoms with Crippen LogP contribution in [0.4, 0.5) is 4.39 Å². The Morgan fingerprint density at radius 2 is 1.69 bits per heavy atom. The Morgan fingerprint density at radius 1 is 1.00 bits per heavy atom. The molecule has 2 aromatic rings. The molecule has 2 rings (SSSR count). The molecule has 0 aromatic heterocycles. The van der Waals surface area contributed by atoms with Crippen molar-refractivity contribution in [1.82, 2.24) is 0 Å². The molecule has 0 aliphatic rings. The third-order valence-corrected chi connectivity index (χ3v) is 2.98. The summed E-state index contributed by atoms with van der Waals surface area (Å²) < 4.78 is 13.4. The highest BCUT2D eigenvalue weighted by Gasteiger charge is 2.11. The maximum absolute atomic E-state index is 13.0. The van der Waals surface area contributed by atoms with Crippen molar-refractivity contribution in [2.24, 2.45) is 0 Å². The summed E-state index contributed by atoms with van der Waals surface area (Å²) in [6, 6.07) is 13.8. The van der Waals surface area contributed by atoms with E-state index >= 15 is 0 Å². The average Bonchev–Trinajstić information content (AvgIpc) is 2.33. The monoisotopic (exact) mass is 280 g/mol. The minimum atomic E-state index is -0.724. The van der Waals surface area contributed by atoms with Crippen LogP contribution in [0.1, 0.15) is 17.2 Å². The fourth-order valence-corrected chi connectivity index (χ4v) is 1.91. The van der Waals surface area contributed by atoms with Crippen molar-refractivity contribution in [2.75, 3.05) is 0 Å². The molecule has 1 atom stereocenters. The van der Waals surface area contributed by atoms with E-state index in [0.717, 1.165) is 5.56 Å². The molecule has 1 nitrogen and oxygen atoms in total. The molecule has 1 N–H and O–H groups in total. The first-order valence-corrected chi connectivity index (χ1v) is 5.66. The molecule has 0 radical (unpaired) electrons. The quantitative estimate of drug-likeness (QED) is 0.890. The molecule has 0 saturated heterocycles. The number of aliphatic hydroxyl groups is 1. The van der Waals surface area contributed by atoms with E-state index in [-0.39, 0.29) is 5.82 Å². The second-order valence-corrected chi connectivity index (χ2v) is 4.34. The molecular weight excluding hydrogens is 271 g/mol. The van der Waals surface area contributed by atoms with E-state index in [1.54, 1.807) is 12.1 Å². The summed E-state index contributed by atoms with van der Waals surface area (Å²) in [4.78, 5) is 0. The molecule has 0 unspecified atom stereocenters. The Balaban J connectivity index is 2.34. The van der Waals surface area contributed by atoms with Crippen molar-refractivity contribution < 1.29 is 9.50 Å². The van der Waals surface area contributed by atoms with E-state index in [1.807, 2.05) is 30.3 Å². The standard InChI is InChI=1S/C13H10BrFO/c14-11-8-10(6-7-12(11)15)13(16)9-4-2-1-3-5-9/h1-8,13,16H/t13-/m0/s1. The minimum absolute atomic E-state index is 0.330. The first-order valence-electron chi connectivity index (χ1n) is 4.86. The van der Waals surface area contributed by atoms with E-state index < -0.39 is 6.10 Å². The van der Waals surface area contributed by atoms with Gasteiger partial charge in [-0.05, 0) is 39.2 Å². The van der Waals surface area contributed by atoms with Gasteiger partial charge in [0.25, 0.3) is 0 Å². The van der Waals surface area contributed by atoms with Gasteiger partial charge in [0.05, 0.1) is 4.47 Å². The van der Waals surface area contributed by atoms with Crippen LogP contribution in [0.25, 0.3) is 0 Å². The van der Waals surface area contributed by atoms with Crippen LogP contribution in [0, 0.1) is 5.82 Å². The highest BCUT2D eigenvalue weighted by molar-refractivity contribution is 9.10. The predicted octanol–water partition coefficient (Wildman–Crippen LogP) is 3.67. The van der Waals surface area contributed by atoms with Gasteiger partial charge in [0.1, 0.15) is 11.9 Å². The zero-order chi connectivity index (χ0) is 11.5. The Labute approximate surface area is 102 Å². The second kappa shape index (κ2) is 4.76. The largest absolute Gasteiger partial charge is 0.384 e. The highest BCUT2D eigenvalue weighted by Crippen LogP contribution is 2.25. The zero-order valence-electron chi connectivity index (χ0n) is 8.40. The summed E-state index contributed by atoms with van der Waals surface area (Å²) in [5, 5.41) is 10.1. The van der Waals surface area contributed by atoms with Crippen LogP contribution in [0.15, 0.2) is 53.0 Å². The van der Waals surface area contributed by atoms with Crippen LogP contribution in [0.2, 0.25) is 0 Å². The van der Waals surface area contributed by atoms with Gasteiger partial charge in [0, 0.05) is 0 Å². The summed E-state index contributed by atoms with van der Waals surface area (Å²) in [5.41, 5.74) is 1.46. The van der Waals surface area contributed by atoms with Gasteiger partial charge in [-0.2, -0.15) is 0 Å². The topological polar surface area (TPSA) is 20.2 Å². The summed E-state index contributed by atoms with van der Waals surface area (Å²) in [6.07, 6.45) is -0.724. The van der Waals surface area contributed by atoms with Gasteiger partial charge in [-0.25, -0.2) is 4.39 Å². The first-order chi connectivity index (χ1) is 7.68. The molecule has 2 aromatic carbocycles. The van der Waals surface area contributed by atoms with Crippen LogP contribution >= 0.6 is 15.9 Å². The van der Waals surface area contributed by atoms with E-state index in [4.69, 9.17) is 0 Å². The number of aliphatic hydroxyl groups excluding tert-OH is 1. The molecule has 0 fully saturated rings. The summed E-state index contributed by atoms with van der Waals surface area (Å²) in [5.74, 6) is -0.330. The molecule has 0 bridgehead atoms. The van der Waals surface area contributed by atoms with Crippen molar-refractivity contribution in [3.63, 3.8) is 0 Å². The molecule has 82 valence electrons. The van der Waals surface area contributed by atoms with Crippen LogP contribution in [-0.2, 0) is 0 Å². The fourth-order valence-electron chi connectivity index (χ4n) is 1.51. The van der Waals surface area contributed by atoms with Crippen LogP contribution < -0.4 is 0 Å². The second-order valence-electron chi connectivity index (χ2n) is 3.49. The predicted molar refractivity (Wildman–Crippen MR) is 64.6 cm³/mol. The molecule has 0 saturated carbocycles. The Hall–Kier alpha value is -1.19. The first kappa shape index (κ1) is 11.3. The summed E-state index contributed by atoms with van der Waals surface area (Å²) >= 11 is 3.10. The number of hydrogen-bond acceptors (Lipinski definition) is 1. The van der Waals surface area contributed by atoms with Gasteiger partial charge >= 0.3 is 0 Å².